The van der Waals surface area contributed by atoms with E-state index in [9.17, 15) is 13.6 Å². The zero-order chi connectivity index (χ0) is 14.5. The Kier molecular flexibility index (Phi) is 4.19. The number of pyridine rings is 2. The number of amides is 1. The molecule has 0 unspecified atom stereocenters. The molecule has 7 heteroatoms. The van der Waals surface area contributed by atoms with Gasteiger partial charge in [0.2, 0.25) is 11.8 Å². The number of ether oxygens (including phenoxy) is 1. The van der Waals surface area contributed by atoms with Gasteiger partial charge < -0.3 is 10.1 Å². The Hall–Kier alpha value is -2.57. The van der Waals surface area contributed by atoms with Crippen molar-refractivity contribution in [1.82, 2.24) is 15.3 Å². The first-order valence-corrected chi connectivity index (χ1v) is 5.69. The summed E-state index contributed by atoms with van der Waals surface area (Å²) in [7, 11) is 1.47. The van der Waals surface area contributed by atoms with Crippen LogP contribution in [-0.2, 0) is 6.54 Å². The second-order valence-corrected chi connectivity index (χ2v) is 3.85. The van der Waals surface area contributed by atoms with Crippen LogP contribution in [0.1, 0.15) is 15.9 Å². The summed E-state index contributed by atoms with van der Waals surface area (Å²) < 4.78 is 31.2. The van der Waals surface area contributed by atoms with E-state index in [0.717, 1.165) is 17.8 Å². The maximum Gasteiger partial charge on any atom is 0.254 e. The molecule has 1 N–H and O–H groups in total. The van der Waals surface area contributed by atoms with Gasteiger partial charge in [-0.1, -0.05) is 0 Å². The highest BCUT2D eigenvalue weighted by molar-refractivity contribution is 5.94. The van der Waals surface area contributed by atoms with Gasteiger partial charge in [0.05, 0.1) is 12.7 Å². The lowest BCUT2D eigenvalue weighted by atomic mass is 10.2. The van der Waals surface area contributed by atoms with E-state index in [4.69, 9.17) is 4.74 Å². The maximum absolute atomic E-state index is 13.4. The van der Waals surface area contributed by atoms with Gasteiger partial charge in [-0.2, -0.15) is 4.39 Å². The van der Waals surface area contributed by atoms with E-state index >= 15 is 0 Å². The number of rotatable bonds is 4. The van der Waals surface area contributed by atoms with Crippen LogP contribution in [0.2, 0.25) is 0 Å². The molecule has 0 aromatic carbocycles. The maximum atomic E-state index is 13.4. The third-order valence-electron chi connectivity index (χ3n) is 2.55. The third-order valence-corrected chi connectivity index (χ3v) is 2.55. The van der Waals surface area contributed by atoms with Crippen LogP contribution < -0.4 is 10.1 Å². The molecule has 0 radical (unpaired) electrons. The van der Waals surface area contributed by atoms with Gasteiger partial charge in [-0.05, 0) is 17.7 Å². The predicted octanol–water partition coefficient (Wildman–Crippen LogP) is 1.69. The first-order chi connectivity index (χ1) is 9.61. The van der Waals surface area contributed by atoms with E-state index in [2.05, 4.69) is 15.3 Å². The highest BCUT2D eigenvalue weighted by Gasteiger charge is 2.15. The molecule has 0 aliphatic rings. The minimum Gasteiger partial charge on any atom is -0.481 e. The van der Waals surface area contributed by atoms with Gasteiger partial charge in [-0.3, -0.25) is 4.79 Å². The predicted molar refractivity (Wildman–Crippen MR) is 66.1 cm³/mol. The minimum atomic E-state index is -1.30. The van der Waals surface area contributed by atoms with Gasteiger partial charge in [-0.15, -0.1) is 0 Å². The summed E-state index contributed by atoms with van der Waals surface area (Å²) >= 11 is 0. The molecular formula is C13H11F2N3O2. The van der Waals surface area contributed by atoms with Gasteiger partial charge >= 0.3 is 0 Å². The quantitative estimate of drug-likeness (QED) is 0.865. The Morgan fingerprint density at radius 2 is 2.05 bits per heavy atom. The molecule has 0 saturated carbocycles. The first-order valence-electron chi connectivity index (χ1n) is 5.69. The van der Waals surface area contributed by atoms with Crippen LogP contribution in [-0.4, -0.2) is 23.0 Å². The summed E-state index contributed by atoms with van der Waals surface area (Å²) in [5.74, 6) is -2.89. The summed E-state index contributed by atoms with van der Waals surface area (Å²) in [5, 5.41) is 2.48. The molecule has 2 heterocycles. The van der Waals surface area contributed by atoms with E-state index in [0.29, 0.717) is 5.88 Å². The standard InChI is InChI=1S/C13H11F2N3O2/c1-20-10-6-8(2-4-16-10)7-18-13(19)9-3-5-17-12(15)11(9)14/h2-6H,7H2,1H3,(H,18,19). The Balaban J connectivity index is 2.06. The summed E-state index contributed by atoms with van der Waals surface area (Å²) in [6.45, 7) is 0.140. The van der Waals surface area contributed by atoms with Crippen molar-refractivity contribution in [2.24, 2.45) is 0 Å². The van der Waals surface area contributed by atoms with Crippen molar-refractivity contribution in [3.63, 3.8) is 0 Å². The molecule has 0 aliphatic carbocycles. The second-order valence-electron chi connectivity index (χ2n) is 3.85. The van der Waals surface area contributed by atoms with E-state index in [1.54, 1.807) is 12.1 Å². The topological polar surface area (TPSA) is 64.1 Å². The van der Waals surface area contributed by atoms with E-state index in [-0.39, 0.29) is 6.54 Å². The number of nitrogens with one attached hydrogen (secondary N) is 1. The minimum absolute atomic E-state index is 0.140. The summed E-state index contributed by atoms with van der Waals surface area (Å²) in [6.07, 6.45) is 2.55. The van der Waals surface area contributed by atoms with Crippen molar-refractivity contribution in [2.75, 3.05) is 7.11 Å². The summed E-state index contributed by atoms with van der Waals surface area (Å²) in [6, 6.07) is 4.41. The van der Waals surface area contributed by atoms with Crippen molar-refractivity contribution in [2.45, 2.75) is 6.54 Å². The van der Waals surface area contributed by atoms with Crippen molar-refractivity contribution in [3.8, 4) is 5.88 Å². The first kappa shape index (κ1) is 13.9. The number of nitrogens with zero attached hydrogens (tertiary/aromatic N) is 2. The van der Waals surface area contributed by atoms with Crippen molar-refractivity contribution >= 4 is 5.91 Å². The molecule has 1 amide bonds. The summed E-state index contributed by atoms with van der Waals surface area (Å²) in [5.41, 5.74) is 0.332. The number of methoxy groups -OCH3 is 1. The van der Waals surface area contributed by atoms with Gasteiger partial charge in [-0.25, -0.2) is 14.4 Å². The van der Waals surface area contributed by atoms with E-state index in [1.165, 1.54) is 13.3 Å². The molecule has 0 aliphatic heterocycles. The lowest BCUT2D eigenvalue weighted by molar-refractivity contribution is 0.0945. The van der Waals surface area contributed by atoms with Gasteiger partial charge in [0.15, 0.2) is 5.82 Å². The van der Waals surface area contributed by atoms with Crippen LogP contribution in [0.25, 0.3) is 0 Å². The largest absolute Gasteiger partial charge is 0.481 e. The molecule has 0 atom stereocenters. The molecule has 104 valence electrons. The molecule has 5 nitrogen and oxygen atoms in total. The summed E-state index contributed by atoms with van der Waals surface area (Å²) in [4.78, 5) is 18.8. The lowest BCUT2D eigenvalue weighted by Crippen LogP contribution is -2.24. The van der Waals surface area contributed by atoms with Crippen molar-refractivity contribution in [3.05, 3.63) is 53.5 Å². The highest BCUT2D eigenvalue weighted by Crippen LogP contribution is 2.11. The Morgan fingerprint density at radius 3 is 2.80 bits per heavy atom. The fraction of sp³-hybridized carbons (Fsp3) is 0.154. The zero-order valence-corrected chi connectivity index (χ0v) is 10.6. The molecule has 0 bridgehead atoms. The third kappa shape index (κ3) is 3.05. The van der Waals surface area contributed by atoms with Gasteiger partial charge in [0, 0.05) is 25.0 Å². The number of hydrogen-bond donors (Lipinski definition) is 1. The number of carbonyl (C=O) groups is 1. The van der Waals surface area contributed by atoms with Crippen molar-refractivity contribution in [1.29, 1.82) is 0 Å². The van der Waals surface area contributed by atoms with Crippen LogP contribution in [0.4, 0.5) is 8.78 Å². The fourth-order valence-electron chi connectivity index (χ4n) is 1.54. The second kappa shape index (κ2) is 6.05. The van der Waals surface area contributed by atoms with Crippen LogP contribution >= 0.6 is 0 Å². The molecule has 0 fully saturated rings. The monoisotopic (exact) mass is 279 g/mol. The molecule has 0 saturated heterocycles. The molecule has 2 rings (SSSR count). The van der Waals surface area contributed by atoms with Crippen LogP contribution in [0, 0.1) is 11.8 Å². The zero-order valence-electron chi connectivity index (χ0n) is 10.6. The van der Waals surface area contributed by atoms with Crippen LogP contribution in [0.5, 0.6) is 5.88 Å². The average Bonchev–Trinajstić information content (AvgIpc) is 2.48. The molecular weight excluding hydrogens is 268 g/mol. The average molecular weight is 279 g/mol. The number of aromatic nitrogens is 2. The molecule has 0 spiro atoms. The van der Waals surface area contributed by atoms with Crippen LogP contribution in [0.15, 0.2) is 30.6 Å². The Bertz CT molecular complexity index is 635. The van der Waals surface area contributed by atoms with Gasteiger partial charge in [0.1, 0.15) is 0 Å². The number of hydrogen-bond acceptors (Lipinski definition) is 4. The molecule has 2 aromatic heterocycles. The fourth-order valence-corrected chi connectivity index (χ4v) is 1.54. The van der Waals surface area contributed by atoms with Gasteiger partial charge in [0.25, 0.3) is 5.91 Å². The number of carbonyl (C=O) groups excluding carboxylic acids is 1. The highest BCUT2D eigenvalue weighted by atomic mass is 19.2. The van der Waals surface area contributed by atoms with E-state index < -0.39 is 23.2 Å². The SMILES string of the molecule is COc1cc(CNC(=O)c2ccnc(F)c2F)ccn1. The van der Waals surface area contributed by atoms with Crippen LogP contribution in [0.3, 0.4) is 0 Å². The smallest absolute Gasteiger partial charge is 0.254 e. The number of halogens is 2. The Morgan fingerprint density at radius 1 is 1.30 bits per heavy atom. The lowest BCUT2D eigenvalue weighted by Gasteiger charge is -2.07. The molecule has 20 heavy (non-hydrogen) atoms. The van der Waals surface area contributed by atoms with Crippen molar-refractivity contribution < 1.29 is 18.3 Å². The normalized spacial score (nSPS) is 10.2. The Labute approximate surface area is 113 Å². The van der Waals surface area contributed by atoms with E-state index in [1.807, 2.05) is 0 Å². The molecule has 2 aromatic rings.